The van der Waals surface area contributed by atoms with Crippen molar-refractivity contribution in [2.24, 2.45) is 0 Å². The molecule has 2 heterocycles. The van der Waals surface area contributed by atoms with Gasteiger partial charge in [0.25, 0.3) is 5.56 Å². The number of nitrogens with one attached hydrogen (secondary N) is 1. The summed E-state index contributed by atoms with van der Waals surface area (Å²) in [4.78, 5) is 30.2. The van der Waals surface area contributed by atoms with E-state index in [1.165, 1.54) is 0 Å². The predicted molar refractivity (Wildman–Crippen MR) is 127 cm³/mol. The lowest BCUT2D eigenvalue weighted by atomic mass is 10.1. The van der Waals surface area contributed by atoms with Gasteiger partial charge in [0, 0.05) is 17.7 Å². The zero-order chi connectivity index (χ0) is 22.9. The van der Waals surface area contributed by atoms with E-state index in [4.69, 9.17) is 9.47 Å². The number of carbonyl (C=O) groups is 1. The number of anilines is 1. The van der Waals surface area contributed by atoms with Gasteiger partial charge in [0.1, 0.15) is 17.3 Å². The van der Waals surface area contributed by atoms with Gasteiger partial charge in [-0.15, -0.1) is 0 Å². The largest absolute Gasteiger partial charge is 0.496 e. The van der Waals surface area contributed by atoms with Gasteiger partial charge in [-0.25, -0.2) is 4.98 Å². The molecule has 0 unspecified atom stereocenters. The number of benzene rings is 3. The van der Waals surface area contributed by atoms with Crippen LogP contribution in [0.3, 0.4) is 0 Å². The summed E-state index contributed by atoms with van der Waals surface area (Å²) in [5, 5.41) is 3.47. The average molecular weight is 441 g/mol. The first kappa shape index (κ1) is 20.8. The maximum Gasteiger partial charge on any atom is 0.265 e. The SMILES string of the molecule is COc1cc(CC(=O)Nc2ccc(-n3c(C)nc4ccccc4c3=O)cc2)cc2c1CCO2. The van der Waals surface area contributed by atoms with E-state index < -0.39 is 0 Å². The average Bonchev–Trinajstić information content (AvgIpc) is 3.28. The van der Waals surface area contributed by atoms with E-state index in [0.29, 0.717) is 34.7 Å². The smallest absolute Gasteiger partial charge is 0.265 e. The topological polar surface area (TPSA) is 82.5 Å². The van der Waals surface area contributed by atoms with E-state index in [1.807, 2.05) is 30.3 Å². The number of rotatable bonds is 5. The summed E-state index contributed by atoms with van der Waals surface area (Å²) in [5.74, 6) is 1.99. The second kappa shape index (κ2) is 8.43. The Morgan fingerprint density at radius 3 is 2.73 bits per heavy atom. The second-order valence-corrected chi connectivity index (χ2v) is 7.96. The lowest BCUT2D eigenvalue weighted by Crippen LogP contribution is -2.22. The highest BCUT2D eigenvalue weighted by Crippen LogP contribution is 2.35. The summed E-state index contributed by atoms with van der Waals surface area (Å²) in [5.41, 5.74) is 3.76. The minimum absolute atomic E-state index is 0.123. The van der Waals surface area contributed by atoms with Crippen LogP contribution in [0, 0.1) is 6.92 Å². The molecule has 0 saturated carbocycles. The molecule has 0 saturated heterocycles. The van der Waals surface area contributed by atoms with Crippen molar-refractivity contribution in [3.8, 4) is 17.2 Å². The minimum atomic E-state index is -0.150. The van der Waals surface area contributed by atoms with Gasteiger partial charge >= 0.3 is 0 Å². The zero-order valence-corrected chi connectivity index (χ0v) is 18.4. The molecule has 1 aromatic heterocycles. The molecule has 0 atom stereocenters. The van der Waals surface area contributed by atoms with E-state index in [2.05, 4.69) is 10.3 Å². The molecule has 0 fully saturated rings. The number of carbonyl (C=O) groups excluding carboxylic acids is 1. The summed E-state index contributed by atoms with van der Waals surface area (Å²) < 4.78 is 12.7. The fraction of sp³-hybridized carbons (Fsp3) is 0.192. The third-order valence-electron chi connectivity index (χ3n) is 5.77. The Balaban J connectivity index is 1.34. The lowest BCUT2D eigenvalue weighted by Gasteiger charge is -2.12. The van der Waals surface area contributed by atoms with Crippen molar-refractivity contribution < 1.29 is 14.3 Å². The number of amides is 1. The third kappa shape index (κ3) is 3.93. The van der Waals surface area contributed by atoms with Crippen molar-refractivity contribution in [2.45, 2.75) is 19.8 Å². The van der Waals surface area contributed by atoms with Crippen LogP contribution in [0.4, 0.5) is 5.69 Å². The second-order valence-electron chi connectivity index (χ2n) is 7.96. The molecule has 1 N–H and O–H groups in total. The van der Waals surface area contributed by atoms with Crippen molar-refractivity contribution in [1.82, 2.24) is 9.55 Å². The molecule has 1 aliphatic heterocycles. The summed E-state index contributed by atoms with van der Waals surface area (Å²) in [6.07, 6.45) is 1.01. The van der Waals surface area contributed by atoms with E-state index in [1.54, 1.807) is 48.9 Å². The molecule has 3 aromatic carbocycles. The van der Waals surface area contributed by atoms with Gasteiger partial charge in [-0.05, 0) is 61.0 Å². The van der Waals surface area contributed by atoms with Crippen LogP contribution < -0.4 is 20.3 Å². The van der Waals surface area contributed by atoms with Crippen molar-refractivity contribution in [3.63, 3.8) is 0 Å². The first-order chi connectivity index (χ1) is 16.0. The fourth-order valence-electron chi connectivity index (χ4n) is 4.23. The molecule has 1 amide bonds. The van der Waals surface area contributed by atoms with E-state index in [0.717, 1.165) is 29.0 Å². The van der Waals surface area contributed by atoms with Crippen LogP contribution in [0.2, 0.25) is 0 Å². The Morgan fingerprint density at radius 2 is 1.94 bits per heavy atom. The fourth-order valence-corrected chi connectivity index (χ4v) is 4.23. The quantitative estimate of drug-likeness (QED) is 0.509. The monoisotopic (exact) mass is 441 g/mol. The maximum absolute atomic E-state index is 13.0. The summed E-state index contributed by atoms with van der Waals surface area (Å²) in [6.45, 7) is 2.43. The van der Waals surface area contributed by atoms with Gasteiger partial charge in [-0.2, -0.15) is 0 Å². The van der Waals surface area contributed by atoms with Crippen LogP contribution >= 0.6 is 0 Å². The van der Waals surface area contributed by atoms with Crippen molar-refractivity contribution >= 4 is 22.5 Å². The normalized spacial score (nSPS) is 12.3. The number of fused-ring (bicyclic) bond motifs is 2. The molecule has 4 aromatic rings. The van der Waals surface area contributed by atoms with Gasteiger partial charge in [0.15, 0.2) is 0 Å². The van der Waals surface area contributed by atoms with Crippen LogP contribution in [0.5, 0.6) is 11.5 Å². The Labute approximate surface area is 190 Å². The van der Waals surface area contributed by atoms with Gasteiger partial charge < -0.3 is 14.8 Å². The highest BCUT2D eigenvalue weighted by atomic mass is 16.5. The molecule has 5 rings (SSSR count). The number of para-hydroxylation sites is 1. The molecule has 1 aliphatic rings. The van der Waals surface area contributed by atoms with Crippen LogP contribution in [-0.2, 0) is 17.6 Å². The Hall–Kier alpha value is -4.13. The molecule has 33 heavy (non-hydrogen) atoms. The number of aromatic nitrogens is 2. The predicted octanol–water partition coefficient (Wildman–Crippen LogP) is 3.82. The van der Waals surface area contributed by atoms with Crippen molar-refractivity contribution in [1.29, 1.82) is 0 Å². The molecular weight excluding hydrogens is 418 g/mol. The molecule has 166 valence electrons. The molecule has 0 aliphatic carbocycles. The molecular formula is C26H23N3O4. The van der Waals surface area contributed by atoms with E-state index >= 15 is 0 Å². The zero-order valence-electron chi connectivity index (χ0n) is 18.4. The van der Waals surface area contributed by atoms with Crippen LogP contribution in [0.25, 0.3) is 16.6 Å². The van der Waals surface area contributed by atoms with Crippen molar-refractivity contribution in [3.05, 3.63) is 88.0 Å². The molecule has 7 heteroatoms. The van der Waals surface area contributed by atoms with Crippen LogP contribution in [-0.4, -0.2) is 29.2 Å². The van der Waals surface area contributed by atoms with Crippen molar-refractivity contribution in [2.75, 3.05) is 19.0 Å². The summed E-state index contributed by atoms with van der Waals surface area (Å²) in [6, 6.07) is 18.2. The Morgan fingerprint density at radius 1 is 1.15 bits per heavy atom. The highest BCUT2D eigenvalue weighted by molar-refractivity contribution is 5.92. The van der Waals surface area contributed by atoms with Crippen LogP contribution in [0.15, 0.2) is 65.5 Å². The number of aryl methyl sites for hydroxylation is 1. The summed E-state index contributed by atoms with van der Waals surface area (Å²) >= 11 is 0. The number of ether oxygens (including phenoxy) is 2. The third-order valence-corrected chi connectivity index (χ3v) is 5.77. The summed E-state index contributed by atoms with van der Waals surface area (Å²) in [7, 11) is 1.62. The van der Waals surface area contributed by atoms with Gasteiger partial charge in [-0.3, -0.25) is 14.2 Å². The molecule has 0 bridgehead atoms. The highest BCUT2D eigenvalue weighted by Gasteiger charge is 2.19. The number of nitrogens with zero attached hydrogens (tertiary/aromatic N) is 2. The maximum atomic E-state index is 13.0. The molecule has 0 radical (unpaired) electrons. The van der Waals surface area contributed by atoms with Gasteiger partial charge in [0.2, 0.25) is 5.91 Å². The Kier molecular flexibility index (Phi) is 5.30. The first-order valence-electron chi connectivity index (χ1n) is 10.7. The first-order valence-corrected chi connectivity index (χ1v) is 10.7. The van der Waals surface area contributed by atoms with Gasteiger partial charge in [-0.1, -0.05) is 12.1 Å². The van der Waals surface area contributed by atoms with Crippen LogP contribution in [0.1, 0.15) is 17.0 Å². The molecule has 0 spiro atoms. The van der Waals surface area contributed by atoms with E-state index in [-0.39, 0.29) is 17.9 Å². The minimum Gasteiger partial charge on any atom is -0.496 e. The van der Waals surface area contributed by atoms with E-state index in [9.17, 15) is 9.59 Å². The number of methoxy groups -OCH3 is 1. The Bertz CT molecular complexity index is 1420. The number of hydrogen-bond donors (Lipinski definition) is 1. The standard InChI is InChI=1S/C26H23N3O4/c1-16-27-22-6-4-3-5-20(22)26(31)29(16)19-9-7-18(8-10-19)28-25(30)15-17-13-23(32-2)21-11-12-33-24(21)14-17/h3-10,13-14H,11-12,15H2,1-2H3,(H,28,30). The van der Waals surface area contributed by atoms with Gasteiger partial charge in [0.05, 0.1) is 36.7 Å². The number of hydrogen-bond acceptors (Lipinski definition) is 5. The lowest BCUT2D eigenvalue weighted by molar-refractivity contribution is -0.115. The molecule has 7 nitrogen and oxygen atoms in total.